The second kappa shape index (κ2) is 8.99. The van der Waals surface area contributed by atoms with Crippen LogP contribution in [0, 0.1) is 6.92 Å². The fourth-order valence-electron chi connectivity index (χ4n) is 2.13. The number of aryl methyl sites for hydroxylation is 1. The maximum absolute atomic E-state index is 11.6. The average Bonchev–Trinajstić information content (AvgIpc) is 2.57. The standard InChI is InChI=1S/C19H20ClNO3/c1-14-11-17(20)12-16(18(14)22)9-5-6-10-21-19(23)24-13-15-7-3-2-4-8-15/h2-5,7-9,11-12,22H,6,10,13H2,1H3,(H,21,23). The molecular formula is C19H20ClNO3. The molecule has 0 unspecified atom stereocenters. The van der Waals surface area contributed by atoms with Crippen molar-refractivity contribution in [3.8, 4) is 5.75 Å². The van der Waals surface area contributed by atoms with Crippen molar-refractivity contribution in [2.45, 2.75) is 20.0 Å². The molecule has 0 aliphatic rings. The highest BCUT2D eigenvalue weighted by Gasteiger charge is 2.04. The molecule has 0 aliphatic carbocycles. The lowest BCUT2D eigenvalue weighted by atomic mass is 10.1. The van der Waals surface area contributed by atoms with Gasteiger partial charge in [0.25, 0.3) is 0 Å². The number of nitrogens with one attached hydrogen (secondary N) is 1. The number of hydrogen-bond acceptors (Lipinski definition) is 3. The number of amides is 1. The third kappa shape index (κ3) is 5.63. The molecule has 0 bridgehead atoms. The van der Waals surface area contributed by atoms with Crippen molar-refractivity contribution in [1.82, 2.24) is 5.32 Å². The van der Waals surface area contributed by atoms with E-state index >= 15 is 0 Å². The van der Waals surface area contributed by atoms with Crippen molar-refractivity contribution >= 4 is 23.8 Å². The Hall–Kier alpha value is -2.46. The van der Waals surface area contributed by atoms with Crippen LogP contribution in [-0.4, -0.2) is 17.7 Å². The lowest BCUT2D eigenvalue weighted by Gasteiger charge is -2.06. The zero-order chi connectivity index (χ0) is 17.4. The van der Waals surface area contributed by atoms with Crippen molar-refractivity contribution in [3.05, 3.63) is 70.3 Å². The van der Waals surface area contributed by atoms with Crippen molar-refractivity contribution in [2.24, 2.45) is 0 Å². The maximum Gasteiger partial charge on any atom is 0.407 e. The van der Waals surface area contributed by atoms with E-state index in [4.69, 9.17) is 16.3 Å². The van der Waals surface area contributed by atoms with Crippen molar-refractivity contribution in [1.29, 1.82) is 0 Å². The van der Waals surface area contributed by atoms with Gasteiger partial charge in [-0.05, 0) is 36.6 Å². The summed E-state index contributed by atoms with van der Waals surface area (Å²) in [4.78, 5) is 11.6. The predicted octanol–water partition coefficient (Wildman–Crippen LogP) is 4.68. The topological polar surface area (TPSA) is 58.6 Å². The molecule has 1 amide bonds. The minimum Gasteiger partial charge on any atom is -0.507 e. The average molecular weight is 346 g/mol. The Balaban J connectivity index is 1.72. The first-order valence-electron chi connectivity index (χ1n) is 7.66. The van der Waals surface area contributed by atoms with Crippen LogP contribution in [0.2, 0.25) is 5.02 Å². The van der Waals surface area contributed by atoms with Crippen LogP contribution in [0.4, 0.5) is 4.79 Å². The lowest BCUT2D eigenvalue weighted by Crippen LogP contribution is -2.24. The molecule has 0 saturated heterocycles. The molecule has 2 aromatic rings. The number of benzene rings is 2. The molecular weight excluding hydrogens is 326 g/mol. The summed E-state index contributed by atoms with van der Waals surface area (Å²) in [6, 6.07) is 12.9. The van der Waals surface area contributed by atoms with Crippen LogP contribution in [0.15, 0.2) is 48.5 Å². The zero-order valence-electron chi connectivity index (χ0n) is 13.5. The summed E-state index contributed by atoms with van der Waals surface area (Å²) in [6.07, 6.45) is 3.81. The molecule has 0 aliphatic heterocycles. The van der Waals surface area contributed by atoms with Gasteiger partial charge in [0.15, 0.2) is 0 Å². The molecule has 0 spiro atoms. The summed E-state index contributed by atoms with van der Waals surface area (Å²) in [7, 11) is 0. The normalized spacial score (nSPS) is 10.8. The van der Waals surface area contributed by atoms with Crippen LogP contribution < -0.4 is 5.32 Å². The van der Waals surface area contributed by atoms with E-state index in [-0.39, 0.29) is 12.4 Å². The smallest absolute Gasteiger partial charge is 0.407 e. The van der Waals surface area contributed by atoms with Gasteiger partial charge < -0.3 is 15.2 Å². The number of hydrogen-bond donors (Lipinski definition) is 2. The van der Waals surface area contributed by atoms with E-state index in [0.29, 0.717) is 23.6 Å². The first-order valence-corrected chi connectivity index (χ1v) is 8.04. The Labute approximate surface area is 146 Å². The highest BCUT2D eigenvalue weighted by Crippen LogP contribution is 2.27. The summed E-state index contributed by atoms with van der Waals surface area (Å²) in [5, 5.41) is 13.2. The number of halogens is 1. The zero-order valence-corrected chi connectivity index (χ0v) is 14.2. The highest BCUT2D eigenvalue weighted by atomic mass is 35.5. The number of alkyl carbamates (subject to hydrolysis) is 1. The van der Waals surface area contributed by atoms with Gasteiger partial charge in [0, 0.05) is 17.1 Å². The van der Waals surface area contributed by atoms with Gasteiger partial charge in [-0.2, -0.15) is 0 Å². The molecule has 0 radical (unpaired) electrons. The molecule has 0 saturated carbocycles. The number of phenolic OH excluding ortho intramolecular Hbond substituents is 1. The molecule has 4 nitrogen and oxygen atoms in total. The number of rotatable bonds is 6. The van der Waals surface area contributed by atoms with Crippen LogP contribution in [0.3, 0.4) is 0 Å². The van der Waals surface area contributed by atoms with E-state index in [9.17, 15) is 9.90 Å². The predicted molar refractivity (Wildman–Crippen MR) is 96.1 cm³/mol. The van der Waals surface area contributed by atoms with Gasteiger partial charge in [-0.15, -0.1) is 0 Å². The van der Waals surface area contributed by atoms with Crippen LogP contribution in [0.25, 0.3) is 6.08 Å². The molecule has 126 valence electrons. The van der Waals surface area contributed by atoms with E-state index in [2.05, 4.69) is 5.32 Å². The van der Waals surface area contributed by atoms with Gasteiger partial charge in [-0.1, -0.05) is 54.1 Å². The Bertz CT molecular complexity index is 714. The summed E-state index contributed by atoms with van der Waals surface area (Å²) in [5.74, 6) is 0.214. The SMILES string of the molecule is Cc1cc(Cl)cc(C=CCCNC(=O)OCc2ccccc2)c1O. The van der Waals surface area contributed by atoms with Crippen LogP contribution in [0.5, 0.6) is 5.75 Å². The molecule has 2 rings (SSSR count). The fraction of sp³-hybridized carbons (Fsp3) is 0.211. The van der Waals surface area contributed by atoms with Gasteiger partial charge in [-0.25, -0.2) is 4.79 Å². The molecule has 2 aromatic carbocycles. The number of ether oxygens (including phenoxy) is 1. The Morgan fingerprint density at radius 2 is 2.04 bits per heavy atom. The highest BCUT2D eigenvalue weighted by molar-refractivity contribution is 6.30. The maximum atomic E-state index is 11.6. The molecule has 0 fully saturated rings. The number of carbonyl (C=O) groups is 1. The third-order valence-corrected chi connectivity index (χ3v) is 3.60. The van der Waals surface area contributed by atoms with E-state index in [1.165, 1.54) is 0 Å². The minimum absolute atomic E-state index is 0.214. The van der Waals surface area contributed by atoms with Gasteiger partial charge >= 0.3 is 6.09 Å². The quantitative estimate of drug-likeness (QED) is 0.747. The molecule has 0 heterocycles. The van der Waals surface area contributed by atoms with E-state index < -0.39 is 6.09 Å². The molecule has 0 atom stereocenters. The van der Waals surface area contributed by atoms with Crippen LogP contribution >= 0.6 is 11.6 Å². The summed E-state index contributed by atoms with van der Waals surface area (Å²) >= 11 is 5.97. The number of phenols is 1. The first kappa shape index (κ1) is 17.9. The lowest BCUT2D eigenvalue weighted by molar-refractivity contribution is 0.140. The van der Waals surface area contributed by atoms with Crippen LogP contribution in [-0.2, 0) is 11.3 Å². The fourth-order valence-corrected chi connectivity index (χ4v) is 2.41. The van der Waals surface area contributed by atoms with E-state index in [1.807, 2.05) is 36.4 Å². The van der Waals surface area contributed by atoms with Gasteiger partial charge in [-0.3, -0.25) is 0 Å². The third-order valence-electron chi connectivity index (χ3n) is 3.39. The number of carbonyl (C=O) groups excluding carboxylic acids is 1. The van der Waals surface area contributed by atoms with Crippen molar-refractivity contribution in [3.63, 3.8) is 0 Å². The molecule has 24 heavy (non-hydrogen) atoms. The van der Waals surface area contributed by atoms with E-state index in [1.54, 1.807) is 25.1 Å². The second-order valence-corrected chi connectivity index (χ2v) is 5.78. The Kier molecular flexibility index (Phi) is 6.70. The number of aromatic hydroxyl groups is 1. The first-order chi connectivity index (χ1) is 11.6. The van der Waals surface area contributed by atoms with Crippen molar-refractivity contribution < 1.29 is 14.6 Å². The summed E-state index contributed by atoms with van der Waals surface area (Å²) in [6.45, 7) is 2.49. The Morgan fingerprint density at radius 3 is 2.79 bits per heavy atom. The van der Waals surface area contributed by atoms with E-state index in [0.717, 1.165) is 11.1 Å². The molecule has 0 aromatic heterocycles. The second-order valence-electron chi connectivity index (χ2n) is 5.34. The Morgan fingerprint density at radius 1 is 1.29 bits per heavy atom. The summed E-state index contributed by atoms with van der Waals surface area (Å²) < 4.78 is 5.11. The van der Waals surface area contributed by atoms with Gasteiger partial charge in [0.2, 0.25) is 0 Å². The summed E-state index contributed by atoms with van der Waals surface area (Å²) in [5.41, 5.74) is 2.33. The van der Waals surface area contributed by atoms with Crippen LogP contribution in [0.1, 0.15) is 23.1 Å². The monoisotopic (exact) mass is 345 g/mol. The molecule has 2 N–H and O–H groups in total. The van der Waals surface area contributed by atoms with Crippen molar-refractivity contribution in [2.75, 3.05) is 6.54 Å². The minimum atomic E-state index is -0.450. The van der Waals surface area contributed by atoms with Gasteiger partial charge in [0.05, 0.1) is 0 Å². The largest absolute Gasteiger partial charge is 0.507 e. The van der Waals surface area contributed by atoms with Gasteiger partial charge in [0.1, 0.15) is 12.4 Å². The molecule has 5 heteroatoms.